The predicted molar refractivity (Wildman–Crippen MR) is 71.3 cm³/mol. The molecule has 3 heteroatoms. The van der Waals surface area contributed by atoms with Gasteiger partial charge in [-0.05, 0) is 38.8 Å². The second-order valence-electron chi connectivity index (χ2n) is 4.33. The Kier molecular flexibility index (Phi) is 5.07. The smallest absolute Gasteiger partial charge is 0.129 e. The first-order chi connectivity index (χ1) is 7.60. The number of nitrogens with zero attached hydrogens (tertiary/aromatic N) is 2. The van der Waals surface area contributed by atoms with Crippen molar-refractivity contribution in [1.29, 1.82) is 0 Å². The molecule has 0 aromatic carbocycles. The zero-order valence-electron chi connectivity index (χ0n) is 10.6. The third-order valence-electron chi connectivity index (χ3n) is 2.71. The van der Waals surface area contributed by atoms with E-state index in [1.54, 1.807) is 0 Å². The summed E-state index contributed by atoms with van der Waals surface area (Å²) >= 11 is 5.83. The van der Waals surface area contributed by atoms with E-state index in [0.29, 0.717) is 11.9 Å². The number of pyridine rings is 1. The van der Waals surface area contributed by atoms with Crippen LogP contribution in [0.25, 0.3) is 0 Å². The average molecular weight is 241 g/mol. The molecule has 0 aliphatic heterocycles. The second-order valence-corrected chi connectivity index (χ2v) is 4.60. The van der Waals surface area contributed by atoms with Crippen LogP contribution in [0, 0.1) is 6.92 Å². The second kappa shape index (κ2) is 6.09. The summed E-state index contributed by atoms with van der Waals surface area (Å²) in [5, 5.41) is 0. The molecule has 90 valence electrons. The van der Waals surface area contributed by atoms with Crippen molar-refractivity contribution in [2.75, 3.05) is 11.4 Å². The van der Waals surface area contributed by atoms with E-state index in [2.05, 4.69) is 42.8 Å². The molecule has 0 aliphatic carbocycles. The minimum absolute atomic E-state index is 0.480. The zero-order valence-corrected chi connectivity index (χ0v) is 11.4. The van der Waals surface area contributed by atoms with Crippen LogP contribution in [0.2, 0.25) is 0 Å². The maximum absolute atomic E-state index is 5.83. The minimum Gasteiger partial charge on any atom is -0.354 e. The molecule has 0 unspecified atom stereocenters. The van der Waals surface area contributed by atoms with Gasteiger partial charge in [0.15, 0.2) is 0 Å². The van der Waals surface area contributed by atoms with E-state index >= 15 is 0 Å². The van der Waals surface area contributed by atoms with Crippen LogP contribution in [0.5, 0.6) is 0 Å². The zero-order chi connectivity index (χ0) is 12.1. The minimum atomic E-state index is 0.480. The van der Waals surface area contributed by atoms with Crippen LogP contribution in [-0.4, -0.2) is 17.6 Å². The van der Waals surface area contributed by atoms with Gasteiger partial charge in [-0.1, -0.05) is 13.0 Å². The lowest BCUT2D eigenvalue weighted by molar-refractivity contribution is 0.661. The van der Waals surface area contributed by atoms with Gasteiger partial charge in [0.05, 0.1) is 0 Å². The molecule has 1 aromatic rings. The Hall–Kier alpha value is -0.760. The molecule has 0 aliphatic rings. The summed E-state index contributed by atoms with van der Waals surface area (Å²) in [5.74, 6) is 1.59. The molecule has 0 spiro atoms. The van der Waals surface area contributed by atoms with Gasteiger partial charge in [0, 0.05) is 24.2 Å². The molecule has 0 bridgehead atoms. The van der Waals surface area contributed by atoms with Crippen LogP contribution in [-0.2, 0) is 5.88 Å². The van der Waals surface area contributed by atoms with Crippen LogP contribution in [0.1, 0.15) is 38.4 Å². The van der Waals surface area contributed by atoms with Gasteiger partial charge in [-0.25, -0.2) is 4.98 Å². The molecule has 0 N–H and O–H groups in total. The van der Waals surface area contributed by atoms with E-state index in [9.17, 15) is 0 Å². The van der Waals surface area contributed by atoms with Gasteiger partial charge < -0.3 is 4.90 Å². The molecule has 1 aromatic heterocycles. The molecular formula is C13H21ClN2. The number of hydrogen-bond donors (Lipinski definition) is 0. The highest BCUT2D eigenvalue weighted by Gasteiger charge is 2.11. The lowest BCUT2D eigenvalue weighted by Crippen LogP contribution is -2.32. The van der Waals surface area contributed by atoms with Crippen molar-refractivity contribution in [1.82, 2.24) is 4.98 Å². The Balaban J connectivity index is 2.97. The quantitative estimate of drug-likeness (QED) is 0.729. The molecule has 16 heavy (non-hydrogen) atoms. The number of hydrogen-bond acceptors (Lipinski definition) is 2. The average Bonchev–Trinajstić information content (AvgIpc) is 2.25. The van der Waals surface area contributed by atoms with Crippen LogP contribution < -0.4 is 4.90 Å². The number of alkyl halides is 1. The van der Waals surface area contributed by atoms with E-state index in [1.165, 1.54) is 0 Å². The van der Waals surface area contributed by atoms with Crippen LogP contribution in [0.4, 0.5) is 5.82 Å². The first kappa shape index (κ1) is 13.3. The van der Waals surface area contributed by atoms with E-state index in [-0.39, 0.29) is 0 Å². The number of halogens is 1. The van der Waals surface area contributed by atoms with Crippen LogP contribution >= 0.6 is 11.6 Å². The number of aryl methyl sites for hydroxylation is 1. The SMILES string of the molecule is CCCN(c1ccc(CCl)c(C)n1)C(C)C. The summed E-state index contributed by atoms with van der Waals surface area (Å²) in [6.07, 6.45) is 1.14. The normalized spacial score (nSPS) is 10.9. The third kappa shape index (κ3) is 3.11. The first-order valence-electron chi connectivity index (χ1n) is 5.89. The number of anilines is 1. The molecule has 0 radical (unpaired) electrons. The summed E-state index contributed by atoms with van der Waals surface area (Å²) in [4.78, 5) is 6.95. The Morgan fingerprint density at radius 2 is 2.06 bits per heavy atom. The molecule has 1 heterocycles. The first-order valence-corrected chi connectivity index (χ1v) is 6.42. The highest BCUT2D eigenvalue weighted by molar-refractivity contribution is 6.17. The van der Waals surface area contributed by atoms with Gasteiger partial charge >= 0.3 is 0 Å². The molecule has 0 fully saturated rings. The summed E-state index contributed by atoms with van der Waals surface area (Å²) in [6, 6.07) is 4.63. The Morgan fingerprint density at radius 3 is 2.50 bits per heavy atom. The molecule has 0 saturated heterocycles. The molecule has 0 atom stereocenters. The van der Waals surface area contributed by atoms with Crippen molar-refractivity contribution in [3.05, 3.63) is 23.4 Å². The lowest BCUT2D eigenvalue weighted by atomic mass is 10.2. The fraction of sp³-hybridized carbons (Fsp3) is 0.615. The fourth-order valence-electron chi connectivity index (χ4n) is 1.76. The Morgan fingerprint density at radius 1 is 1.38 bits per heavy atom. The van der Waals surface area contributed by atoms with Crippen molar-refractivity contribution in [2.45, 2.75) is 46.0 Å². The summed E-state index contributed by atoms with van der Waals surface area (Å²) in [6.45, 7) is 9.65. The van der Waals surface area contributed by atoms with Crippen molar-refractivity contribution in [2.24, 2.45) is 0 Å². The fourth-order valence-corrected chi connectivity index (χ4v) is 2.04. The highest BCUT2D eigenvalue weighted by Crippen LogP contribution is 2.18. The lowest BCUT2D eigenvalue weighted by Gasteiger charge is -2.28. The van der Waals surface area contributed by atoms with E-state index in [1.807, 2.05) is 6.92 Å². The van der Waals surface area contributed by atoms with Gasteiger partial charge in [-0.3, -0.25) is 0 Å². The van der Waals surface area contributed by atoms with Gasteiger partial charge in [0.2, 0.25) is 0 Å². The van der Waals surface area contributed by atoms with Crippen molar-refractivity contribution in [3.63, 3.8) is 0 Å². The van der Waals surface area contributed by atoms with E-state index < -0.39 is 0 Å². The molecule has 0 saturated carbocycles. The largest absolute Gasteiger partial charge is 0.354 e. The molecule has 1 rings (SSSR count). The van der Waals surface area contributed by atoms with Crippen molar-refractivity contribution in [3.8, 4) is 0 Å². The highest BCUT2D eigenvalue weighted by atomic mass is 35.5. The van der Waals surface area contributed by atoms with Gasteiger partial charge in [0.25, 0.3) is 0 Å². The Labute approximate surface area is 104 Å². The summed E-state index contributed by atoms with van der Waals surface area (Å²) in [7, 11) is 0. The predicted octanol–water partition coefficient (Wildman–Crippen LogP) is 3.75. The Bertz CT molecular complexity index is 337. The standard InChI is InChI=1S/C13H21ClN2/c1-5-8-16(10(2)3)13-7-6-12(9-14)11(4)15-13/h6-7,10H,5,8-9H2,1-4H3. The van der Waals surface area contributed by atoms with E-state index in [0.717, 1.165) is 30.0 Å². The van der Waals surface area contributed by atoms with Crippen LogP contribution in [0.3, 0.4) is 0 Å². The van der Waals surface area contributed by atoms with Crippen LogP contribution in [0.15, 0.2) is 12.1 Å². The number of aromatic nitrogens is 1. The molecule has 0 amide bonds. The maximum atomic E-state index is 5.83. The topological polar surface area (TPSA) is 16.1 Å². The molecular weight excluding hydrogens is 220 g/mol. The summed E-state index contributed by atoms with van der Waals surface area (Å²) in [5.41, 5.74) is 2.15. The van der Waals surface area contributed by atoms with E-state index in [4.69, 9.17) is 11.6 Å². The monoisotopic (exact) mass is 240 g/mol. The van der Waals surface area contributed by atoms with Gasteiger partial charge in [-0.15, -0.1) is 11.6 Å². The number of rotatable bonds is 5. The van der Waals surface area contributed by atoms with Gasteiger partial charge in [-0.2, -0.15) is 0 Å². The van der Waals surface area contributed by atoms with Gasteiger partial charge in [0.1, 0.15) is 5.82 Å². The van der Waals surface area contributed by atoms with Crippen molar-refractivity contribution < 1.29 is 0 Å². The molecule has 2 nitrogen and oxygen atoms in total. The van der Waals surface area contributed by atoms with Crippen molar-refractivity contribution >= 4 is 17.4 Å². The maximum Gasteiger partial charge on any atom is 0.129 e. The third-order valence-corrected chi connectivity index (χ3v) is 2.99. The summed E-state index contributed by atoms with van der Waals surface area (Å²) < 4.78 is 0.